The van der Waals surface area contributed by atoms with Gasteiger partial charge in [-0.3, -0.25) is 0 Å². The lowest BCUT2D eigenvalue weighted by Gasteiger charge is -2.05. The summed E-state index contributed by atoms with van der Waals surface area (Å²) < 4.78 is 31.7. The molecule has 0 saturated heterocycles. The van der Waals surface area contributed by atoms with Crippen molar-refractivity contribution in [3.8, 4) is 11.6 Å². The molecule has 14 heavy (non-hydrogen) atoms. The molecule has 1 aromatic heterocycles. The van der Waals surface area contributed by atoms with Crippen molar-refractivity contribution in [2.75, 3.05) is 12.9 Å². The summed E-state index contributed by atoms with van der Waals surface area (Å²) in [6, 6.07) is 2.86. The largest absolute Gasteiger partial charge is 0.481 e. The Hall–Kier alpha value is -1.30. The highest BCUT2D eigenvalue weighted by atomic mass is 32.2. The lowest BCUT2D eigenvalue weighted by molar-refractivity contribution is 0.395. The van der Waals surface area contributed by atoms with Gasteiger partial charge in [0.25, 0.3) is 0 Å². The van der Waals surface area contributed by atoms with E-state index in [2.05, 4.69) is 4.98 Å². The van der Waals surface area contributed by atoms with Crippen LogP contribution in [-0.4, -0.2) is 26.3 Å². The van der Waals surface area contributed by atoms with Crippen LogP contribution >= 0.6 is 0 Å². The normalized spacial score (nSPS) is 11.0. The molecule has 0 fully saturated rings. The van der Waals surface area contributed by atoms with E-state index in [4.69, 9.17) is 8.92 Å². The molecule has 0 atom stereocenters. The predicted octanol–water partition coefficient (Wildman–Crippen LogP) is 0.819. The molecule has 0 N–H and O–H groups in total. The molecule has 1 aromatic rings. The molecule has 0 aliphatic rings. The van der Waals surface area contributed by atoms with Gasteiger partial charge in [-0.1, -0.05) is 0 Å². The number of nitrogens with zero attached hydrogens (tertiary/aromatic N) is 1. The van der Waals surface area contributed by atoms with Crippen LogP contribution in [0.2, 0.25) is 0 Å². The standard InChI is InChI=1S/C8H11NO4S/c1-3-14(10,11)13-7-4-5-9-8(6-7)12-2/h4-6H,3H2,1-2H3. The summed E-state index contributed by atoms with van der Waals surface area (Å²) in [7, 11) is -2.04. The first-order chi connectivity index (χ1) is 6.57. The van der Waals surface area contributed by atoms with E-state index in [1.165, 1.54) is 32.4 Å². The Labute approximate surface area is 82.8 Å². The number of aromatic nitrogens is 1. The van der Waals surface area contributed by atoms with Crippen molar-refractivity contribution in [3.63, 3.8) is 0 Å². The Morgan fingerprint density at radius 3 is 2.79 bits per heavy atom. The predicted molar refractivity (Wildman–Crippen MR) is 50.9 cm³/mol. The Bertz CT molecular complexity index is 402. The third kappa shape index (κ3) is 2.88. The fourth-order valence-corrected chi connectivity index (χ4v) is 1.28. The fraction of sp³-hybridized carbons (Fsp3) is 0.375. The van der Waals surface area contributed by atoms with Crippen LogP contribution in [-0.2, 0) is 10.1 Å². The van der Waals surface area contributed by atoms with Gasteiger partial charge in [-0.2, -0.15) is 8.42 Å². The Morgan fingerprint density at radius 1 is 1.50 bits per heavy atom. The molecule has 0 bridgehead atoms. The molecule has 0 aliphatic carbocycles. The second-order valence-corrected chi connectivity index (χ2v) is 4.32. The van der Waals surface area contributed by atoms with Crippen LogP contribution in [0.25, 0.3) is 0 Å². The molecule has 78 valence electrons. The summed E-state index contributed by atoms with van der Waals surface area (Å²) in [5.74, 6) is 0.449. The van der Waals surface area contributed by atoms with Gasteiger partial charge in [0, 0.05) is 18.3 Å². The molecule has 0 spiro atoms. The highest BCUT2D eigenvalue weighted by Gasteiger charge is 2.09. The molecule has 0 amide bonds. The molecule has 1 heterocycles. The Morgan fingerprint density at radius 2 is 2.21 bits per heavy atom. The maximum absolute atomic E-state index is 11.1. The van der Waals surface area contributed by atoms with Crippen LogP contribution in [0.15, 0.2) is 18.3 Å². The summed E-state index contributed by atoms with van der Waals surface area (Å²) in [6.07, 6.45) is 1.42. The van der Waals surface area contributed by atoms with Gasteiger partial charge in [-0.25, -0.2) is 4.98 Å². The molecule has 5 nitrogen and oxygen atoms in total. The van der Waals surface area contributed by atoms with E-state index in [9.17, 15) is 8.42 Å². The third-order valence-corrected chi connectivity index (χ3v) is 2.65. The molecule has 0 saturated carbocycles. The summed E-state index contributed by atoms with van der Waals surface area (Å²) in [4.78, 5) is 3.82. The van der Waals surface area contributed by atoms with Gasteiger partial charge in [0.15, 0.2) is 0 Å². The molecule has 1 rings (SSSR count). The minimum absolute atomic E-state index is 0.0718. The molecule has 0 unspecified atom stereocenters. The number of methoxy groups -OCH3 is 1. The number of hydrogen-bond acceptors (Lipinski definition) is 5. The van der Waals surface area contributed by atoms with Crippen LogP contribution in [0.3, 0.4) is 0 Å². The summed E-state index contributed by atoms with van der Waals surface area (Å²) in [5, 5.41) is 0. The Balaban J connectivity index is 2.87. The summed E-state index contributed by atoms with van der Waals surface area (Å²) >= 11 is 0. The van der Waals surface area contributed by atoms with Crippen LogP contribution in [0.4, 0.5) is 0 Å². The van der Waals surface area contributed by atoms with Crippen molar-refractivity contribution < 1.29 is 17.3 Å². The van der Waals surface area contributed by atoms with E-state index in [0.29, 0.717) is 5.88 Å². The van der Waals surface area contributed by atoms with E-state index in [1.807, 2.05) is 0 Å². The average molecular weight is 217 g/mol. The van der Waals surface area contributed by atoms with E-state index in [1.54, 1.807) is 0 Å². The number of ether oxygens (including phenoxy) is 1. The van der Waals surface area contributed by atoms with Gasteiger partial charge >= 0.3 is 10.1 Å². The first kappa shape index (κ1) is 10.8. The van der Waals surface area contributed by atoms with Crippen molar-refractivity contribution in [1.29, 1.82) is 0 Å². The fourth-order valence-electron chi connectivity index (χ4n) is 0.760. The first-order valence-electron chi connectivity index (χ1n) is 3.99. The highest BCUT2D eigenvalue weighted by molar-refractivity contribution is 7.87. The molecule has 0 aliphatic heterocycles. The number of hydrogen-bond donors (Lipinski definition) is 0. The van der Waals surface area contributed by atoms with E-state index < -0.39 is 10.1 Å². The Kier molecular flexibility index (Phi) is 3.29. The molecule has 6 heteroatoms. The third-order valence-electron chi connectivity index (χ3n) is 1.49. The smallest absolute Gasteiger partial charge is 0.308 e. The van der Waals surface area contributed by atoms with Gasteiger partial charge in [0.05, 0.1) is 12.9 Å². The maximum Gasteiger partial charge on any atom is 0.308 e. The van der Waals surface area contributed by atoms with Gasteiger partial charge in [0.2, 0.25) is 5.88 Å². The average Bonchev–Trinajstić information content (AvgIpc) is 2.17. The zero-order valence-electron chi connectivity index (χ0n) is 7.93. The van der Waals surface area contributed by atoms with Crippen molar-refractivity contribution in [3.05, 3.63) is 18.3 Å². The van der Waals surface area contributed by atoms with Gasteiger partial charge < -0.3 is 8.92 Å². The maximum atomic E-state index is 11.1. The van der Waals surface area contributed by atoms with Crippen molar-refractivity contribution in [1.82, 2.24) is 4.98 Å². The zero-order valence-corrected chi connectivity index (χ0v) is 8.74. The van der Waals surface area contributed by atoms with Crippen molar-refractivity contribution in [2.45, 2.75) is 6.92 Å². The number of pyridine rings is 1. The van der Waals surface area contributed by atoms with Gasteiger partial charge in [-0.15, -0.1) is 0 Å². The molecular formula is C8H11NO4S. The lowest BCUT2D eigenvalue weighted by Crippen LogP contribution is -2.11. The first-order valence-corrected chi connectivity index (χ1v) is 5.57. The quantitative estimate of drug-likeness (QED) is 0.698. The second kappa shape index (κ2) is 4.28. The van der Waals surface area contributed by atoms with Gasteiger partial charge in [0.1, 0.15) is 5.75 Å². The van der Waals surface area contributed by atoms with Gasteiger partial charge in [-0.05, 0) is 6.92 Å². The lowest BCUT2D eigenvalue weighted by atomic mass is 10.4. The monoisotopic (exact) mass is 217 g/mol. The van der Waals surface area contributed by atoms with Crippen LogP contribution in [0.5, 0.6) is 11.6 Å². The minimum Gasteiger partial charge on any atom is -0.481 e. The summed E-state index contributed by atoms with van der Waals surface area (Å²) in [6.45, 7) is 1.51. The van der Waals surface area contributed by atoms with E-state index >= 15 is 0 Å². The van der Waals surface area contributed by atoms with Crippen molar-refractivity contribution in [2.24, 2.45) is 0 Å². The molecule has 0 aromatic carbocycles. The van der Waals surface area contributed by atoms with Crippen molar-refractivity contribution >= 4 is 10.1 Å². The zero-order chi connectivity index (χ0) is 10.6. The van der Waals surface area contributed by atoms with Crippen LogP contribution in [0, 0.1) is 0 Å². The van der Waals surface area contributed by atoms with Crippen LogP contribution < -0.4 is 8.92 Å². The topological polar surface area (TPSA) is 65.5 Å². The van der Waals surface area contributed by atoms with E-state index in [-0.39, 0.29) is 11.5 Å². The molecular weight excluding hydrogens is 206 g/mol. The highest BCUT2D eigenvalue weighted by Crippen LogP contribution is 2.17. The number of rotatable bonds is 4. The summed E-state index contributed by atoms with van der Waals surface area (Å²) in [5.41, 5.74) is 0. The van der Waals surface area contributed by atoms with E-state index in [0.717, 1.165) is 0 Å². The SMILES string of the molecule is CCS(=O)(=O)Oc1ccnc(OC)c1. The molecule has 0 radical (unpaired) electrons. The van der Waals surface area contributed by atoms with Crippen LogP contribution in [0.1, 0.15) is 6.92 Å². The minimum atomic E-state index is -3.48. The second-order valence-electron chi connectivity index (χ2n) is 2.46.